The summed E-state index contributed by atoms with van der Waals surface area (Å²) in [6.45, 7) is 0.757. The molecule has 0 bridgehead atoms. The predicted octanol–water partition coefficient (Wildman–Crippen LogP) is 4.44. The average Bonchev–Trinajstić information content (AvgIpc) is 3.03. The normalized spacial score (nSPS) is 15.5. The van der Waals surface area contributed by atoms with Gasteiger partial charge in [-0.25, -0.2) is 15.0 Å². The van der Waals surface area contributed by atoms with Crippen molar-refractivity contribution in [3.63, 3.8) is 0 Å². The SMILES string of the molecule is c1ncc(NCc2ccc3nc(NC4CCCCC4)sc3c2)cn1. The number of fused-ring (bicyclic) bond motifs is 1. The molecule has 1 saturated carbocycles. The molecule has 4 rings (SSSR count). The Labute approximate surface area is 145 Å². The van der Waals surface area contributed by atoms with Gasteiger partial charge in [0.1, 0.15) is 6.33 Å². The number of nitrogens with one attached hydrogen (secondary N) is 2. The van der Waals surface area contributed by atoms with Crippen LogP contribution in [0.25, 0.3) is 10.2 Å². The molecule has 1 aliphatic rings. The topological polar surface area (TPSA) is 62.7 Å². The maximum Gasteiger partial charge on any atom is 0.184 e. The molecule has 3 aromatic rings. The van der Waals surface area contributed by atoms with Gasteiger partial charge >= 0.3 is 0 Å². The molecule has 2 heterocycles. The Hall–Kier alpha value is -2.21. The molecule has 124 valence electrons. The lowest BCUT2D eigenvalue weighted by atomic mass is 9.96. The lowest BCUT2D eigenvalue weighted by Crippen LogP contribution is -2.21. The molecule has 0 atom stereocenters. The highest BCUT2D eigenvalue weighted by Gasteiger charge is 2.15. The molecular formula is C18H21N5S. The van der Waals surface area contributed by atoms with Crippen molar-refractivity contribution in [3.8, 4) is 0 Å². The Morgan fingerprint density at radius 1 is 1.08 bits per heavy atom. The molecule has 2 N–H and O–H groups in total. The molecule has 2 aromatic heterocycles. The monoisotopic (exact) mass is 339 g/mol. The van der Waals surface area contributed by atoms with Crippen molar-refractivity contribution in [3.05, 3.63) is 42.5 Å². The molecule has 1 aliphatic carbocycles. The third-order valence-corrected chi connectivity index (χ3v) is 5.39. The summed E-state index contributed by atoms with van der Waals surface area (Å²) in [6.07, 6.45) is 11.7. The Bertz CT molecular complexity index is 796. The molecule has 0 aliphatic heterocycles. The van der Waals surface area contributed by atoms with Gasteiger partial charge in [0, 0.05) is 12.6 Å². The largest absolute Gasteiger partial charge is 0.378 e. The zero-order valence-electron chi connectivity index (χ0n) is 13.5. The molecule has 6 heteroatoms. The average molecular weight is 339 g/mol. The van der Waals surface area contributed by atoms with Crippen molar-refractivity contribution >= 4 is 32.4 Å². The van der Waals surface area contributed by atoms with Gasteiger partial charge in [-0.15, -0.1) is 0 Å². The Balaban J connectivity index is 1.44. The fourth-order valence-electron chi connectivity index (χ4n) is 3.16. The predicted molar refractivity (Wildman–Crippen MR) is 99.5 cm³/mol. The highest BCUT2D eigenvalue weighted by Crippen LogP contribution is 2.29. The van der Waals surface area contributed by atoms with Crippen LogP contribution in [0, 0.1) is 0 Å². The van der Waals surface area contributed by atoms with Crippen LogP contribution in [-0.2, 0) is 6.54 Å². The van der Waals surface area contributed by atoms with E-state index < -0.39 is 0 Å². The van der Waals surface area contributed by atoms with Crippen molar-refractivity contribution in [2.45, 2.75) is 44.7 Å². The third-order valence-electron chi connectivity index (χ3n) is 4.44. The quantitative estimate of drug-likeness (QED) is 0.719. The number of rotatable bonds is 5. The van der Waals surface area contributed by atoms with Crippen LogP contribution in [0.4, 0.5) is 10.8 Å². The van der Waals surface area contributed by atoms with E-state index in [9.17, 15) is 0 Å². The zero-order valence-corrected chi connectivity index (χ0v) is 14.4. The first-order chi connectivity index (χ1) is 11.9. The minimum Gasteiger partial charge on any atom is -0.378 e. The lowest BCUT2D eigenvalue weighted by molar-refractivity contribution is 0.462. The summed E-state index contributed by atoms with van der Waals surface area (Å²) in [4.78, 5) is 12.8. The van der Waals surface area contributed by atoms with Crippen LogP contribution < -0.4 is 10.6 Å². The van der Waals surface area contributed by atoms with E-state index in [1.165, 1.54) is 48.7 Å². The van der Waals surface area contributed by atoms with Gasteiger partial charge < -0.3 is 10.6 Å². The van der Waals surface area contributed by atoms with Gasteiger partial charge in [-0.2, -0.15) is 0 Å². The van der Waals surface area contributed by atoms with Crippen molar-refractivity contribution < 1.29 is 0 Å². The van der Waals surface area contributed by atoms with Crippen LogP contribution in [0.1, 0.15) is 37.7 Å². The van der Waals surface area contributed by atoms with E-state index in [0.29, 0.717) is 6.04 Å². The number of benzene rings is 1. The molecule has 0 spiro atoms. The summed E-state index contributed by atoms with van der Waals surface area (Å²) in [5, 5.41) is 8.02. The highest BCUT2D eigenvalue weighted by molar-refractivity contribution is 7.22. The third kappa shape index (κ3) is 3.64. The summed E-state index contributed by atoms with van der Waals surface area (Å²) in [5.41, 5.74) is 3.24. The number of hydrogen-bond acceptors (Lipinski definition) is 6. The lowest BCUT2D eigenvalue weighted by Gasteiger charge is -2.22. The van der Waals surface area contributed by atoms with E-state index in [1.807, 2.05) is 0 Å². The first-order valence-corrected chi connectivity index (χ1v) is 9.33. The van der Waals surface area contributed by atoms with Crippen LogP contribution in [0.3, 0.4) is 0 Å². The maximum absolute atomic E-state index is 4.73. The zero-order chi connectivity index (χ0) is 16.2. The standard InChI is InChI=1S/C18H21N5S/c1-2-4-14(5-3-1)22-18-23-16-7-6-13(8-17(16)24-18)9-21-15-10-19-12-20-11-15/h6-8,10-12,14,21H,1-5,9H2,(H,22,23). The van der Waals surface area contributed by atoms with E-state index in [4.69, 9.17) is 4.98 Å². The smallest absolute Gasteiger partial charge is 0.184 e. The van der Waals surface area contributed by atoms with Crippen LogP contribution in [0.5, 0.6) is 0 Å². The van der Waals surface area contributed by atoms with Crippen molar-refractivity contribution in [1.82, 2.24) is 15.0 Å². The number of nitrogens with zero attached hydrogens (tertiary/aromatic N) is 3. The van der Waals surface area contributed by atoms with Crippen LogP contribution in [-0.4, -0.2) is 21.0 Å². The Kier molecular flexibility index (Phi) is 4.55. The van der Waals surface area contributed by atoms with Crippen molar-refractivity contribution in [1.29, 1.82) is 0 Å². The van der Waals surface area contributed by atoms with Gasteiger partial charge in [0.15, 0.2) is 5.13 Å². The van der Waals surface area contributed by atoms with E-state index in [2.05, 4.69) is 38.8 Å². The summed E-state index contributed by atoms with van der Waals surface area (Å²) < 4.78 is 1.23. The molecule has 1 aromatic carbocycles. The second-order valence-corrected chi connectivity index (χ2v) is 7.31. The van der Waals surface area contributed by atoms with Gasteiger partial charge in [-0.3, -0.25) is 0 Å². The molecule has 0 unspecified atom stereocenters. The first kappa shape index (κ1) is 15.3. The first-order valence-electron chi connectivity index (χ1n) is 8.52. The highest BCUT2D eigenvalue weighted by atomic mass is 32.1. The number of aromatic nitrogens is 3. The minimum atomic E-state index is 0.596. The fraction of sp³-hybridized carbons (Fsp3) is 0.389. The summed E-state index contributed by atoms with van der Waals surface area (Å²) in [6, 6.07) is 7.05. The van der Waals surface area contributed by atoms with Crippen LogP contribution >= 0.6 is 11.3 Å². The van der Waals surface area contributed by atoms with E-state index >= 15 is 0 Å². The maximum atomic E-state index is 4.73. The molecule has 5 nitrogen and oxygen atoms in total. The number of hydrogen-bond donors (Lipinski definition) is 2. The Morgan fingerprint density at radius 3 is 2.75 bits per heavy atom. The van der Waals surface area contributed by atoms with E-state index in [0.717, 1.165) is 22.9 Å². The van der Waals surface area contributed by atoms with E-state index in [-0.39, 0.29) is 0 Å². The molecule has 0 saturated heterocycles. The van der Waals surface area contributed by atoms with Gasteiger partial charge in [-0.05, 0) is 30.5 Å². The van der Waals surface area contributed by atoms with Gasteiger partial charge in [0.25, 0.3) is 0 Å². The molecular weight excluding hydrogens is 318 g/mol. The second-order valence-electron chi connectivity index (χ2n) is 6.28. The molecule has 24 heavy (non-hydrogen) atoms. The van der Waals surface area contributed by atoms with Gasteiger partial charge in [-0.1, -0.05) is 36.7 Å². The Morgan fingerprint density at radius 2 is 1.92 bits per heavy atom. The summed E-state index contributed by atoms with van der Waals surface area (Å²) in [7, 11) is 0. The summed E-state index contributed by atoms with van der Waals surface area (Å²) >= 11 is 1.75. The van der Waals surface area contributed by atoms with Crippen molar-refractivity contribution in [2.24, 2.45) is 0 Å². The van der Waals surface area contributed by atoms with Crippen LogP contribution in [0.2, 0.25) is 0 Å². The number of anilines is 2. The molecule has 0 radical (unpaired) electrons. The second kappa shape index (κ2) is 7.13. The van der Waals surface area contributed by atoms with Crippen molar-refractivity contribution in [2.75, 3.05) is 10.6 Å². The van der Waals surface area contributed by atoms with Gasteiger partial charge in [0.05, 0.1) is 28.3 Å². The minimum absolute atomic E-state index is 0.596. The van der Waals surface area contributed by atoms with Gasteiger partial charge in [0.2, 0.25) is 0 Å². The van der Waals surface area contributed by atoms with E-state index in [1.54, 1.807) is 23.7 Å². The molecule has 1 fully saturated rings. The summed E-state index contributed by atoms with van der Waals surface area (Å²) in [5.74, 6) is 0. The number of thiazole rings is 1. The molecule has 0 amide bonds. The van der Waals surface area contributed by atoms with Crippen LogP contribution in [0.15, 0.2) is 36.9 Å². The fourth-order valence-corrected chi connectivity index (χ4v) is 4.16.